The minimum atomic E-state index is -0.882. The molecule has 0 spiro atoms. The van der Waals surface area contributed by atoms with Crippen LogP contribution < -0.4 is 10.2 Å². The lowest BCUT2D eigenvalue weighted by molar-refractivity contribution is -0.123. The number of hydrogen-bond donors (Lipinski definition) is 1. The molecule has 0 aliphatic rings. The minimum Gasteiger partial charge on any atom is -0.449 e. The van der Waals surface area contributed by atoms with Crippen LogP contribution in [0.3, 0.4) is 0 Å². The average molecular weight is 326 g/mol. The van der Waals surface area contributed by atoms with Crippen LogP contribution in [0.5, 0.6) is 0 Å². The predicted octanol–water partition coefficient (Wildman–Crippen LogP) is 3.25. The first-order valence-corrected chi connectivity index (χ1v) is 7.72. The molecule has 0 bridgehead atoms. The van der Waals surface area contributed by atoms with E-state index in [-0.39, 0.29) is 5.91 Å². The third-order valence-electron chi connectivity index (χ3n) is 3.59. The molecule has 0 aliphatic heterocycles. The van der Waals surface area contributed by atoms with Crippen molar-refractivity contribution < 1.29 is 14.3 Å². The van der Waals surface area contributed by atoms with Crippen molar-refractivity contribution in [2.75, 3.05) is 24.3 Å². The number of aryl methyl sites for hydroxylation is 1. The van der Waals surface area contributed by atoms with Crippen LogP contribution >= 0.6 is 0 Å². The number of amides is 1. The maximum Gasteiger partial charge on any atom is 0.338 e. The standard InChI is InChI=1S/C19H22N2O3/c1-13-5-9-16(10-6-13)20-18(22)14(2)24-19(23)15-7-11-17(12-8-15)21(3)4/h5-12,14H,1-4H3,(H,20,22)/t14-/m0/s1. The zero-order chi connectivity index (χ0) is 17.7. The van der Waals surface area contributed by atoms with Gasteiger partial charge < -0.3 is 15.0 Å². The Hall–Kier alpha value is -2.82. The summed E-state index contributed by atoms with van der Waals surface area (Å²) < 4.78 is 5.23. The molecule has 2 aromatic rings. The van der Waals surface area contributed by atoms with Crippen LogP contribution in [-0.4, -0.2) is 32.1 Å². The highest BCUT2D eigenvalue weighted by Crippen LogP contribution is 2.14. The molecule has 1 amide bonds. The molecular formula is C19H22N2O3. The first kappa shape index (κ1) is 17.5. The van der Waals surface area contributed by atoms with Crippen LogP contribution in [0.25, 0.3) is 0 Å². The molecule has 0 aliphatic carbocycles. The lowest BCUT2D eigenvalue weighted by Gasteiger charge is -2.15. The molecule has 0 unspecified atom stereocenters. The van der Waals surface area contributed by atoms with Crippen LogP contribution in [-0.2, 0) is 9.53 Å². The topological polar surface area (TPSA) is 58.6 Å². The molecule has 2 rings (SSSR count). The van der Waals surface area contributed by atoms with Crippen LogP contribution in [0, 0.1) is 6.92 Å². The van der Waals surface area contributed by atoms with Gasteiger partial charge in [0.15, 0.2) is 6.10 Å². The summed E-state index contributed by atoms with van der Waals surface area (Å²) in [5.41, 5.74) is 3.17. The van der Waals surface area contributed by atoms with E-state index in [9.17, 15) is 9.59 Å². The van der Waals surface area contributed by atoms with E-state index >= 15 is 0 Å². The monoisotopic (exact) mass is 326 g/mol. The van der Waals surface area contributed by atoms with Gasteiger partial charge in [0.1, 0.15) is 0 Å². The van der Waals surface area contributed by atoms with E-state index in [1.165, 1.54) is 0 Å². The third-order valence-corrected chi connectivity index (χ3v) is 3.59. The summed E-state index contributed by atoms with van der Waals surface area (Å²) in [6.45, 7) is 3.52. The van der Waals surface area contributed by atoms with Gasteiger partial charge in [0, 0.05) is 25.5 Å². The van der Waals surface area contributed by atoms with Gasteiger partial charge >= 0.3 is 5.97 Å². The van der Waals surface area contributed by atoms with Crippen molar-refractivity contribution in [2.45, 2.75) is 20.0 Å². The molecule has 1 N–H and O–H groups in total. The van der Waals surface area contributed by atoms with Gasteiger partial charge in [-0.15, -0.1) is 0 Å². The maximum atomic E-state index is 12.1. The molecule has 0 fully saturated rings. The lowest BCUT2D eigenvalue weighted by atomic mass is 10.2. The molecule has 24 heavy (non-hydrogen) atoms. The number of benzene rings is 2. The number of nitrogens with zero attached hydrogens (tertiary/aromatic N) is 1. The summed E-state index contributed by atoms with van der Waals surface area (Å²) in [5.74, 6) is -0.885. The molecule has 126 valence electrons. The second-order valence-electron chi connectivity index (χ2n) is 5.84. The van der Waals surface area contributed by atoms with Gasteiger partial charge in [-0.05, 0) is 50.2 Å². The van der Waals surface area contributed by atoms with Crippen LogP contribution in [0.4, 0.5) is 11.4 Å². The molecule has 1 atom stereocenters. The van der Waals surface area contributed by atoms with E-state index in [1.54, 1.807) is 19.1 Å². The van der Waals surface area contributed by atoms with Gasteiger partial charge in [0.25, 0.3) is 5.91 Å². The Morgan fingerprint density at radius 1 is 1.00 bits per heavy atom. The average Bonchev–Trinajstić information content (AvgIpc) is 2.56. The highest BCUT2D eigenvalue weighted by atomic mass is 16.5. The SMILES string of the molecule is Cc1ccc(NC(=O)[C@H](C)OC(=O)c2ccc(N(C)C)cc2)cc1. The molecule has 5 nitrogen and oxygen atoms in total. The second-order valence-corrected chi connectivity index (χ2v) is 5.84. The Bertz CT molecular complexity index is 706. The Balaban J connectivity index is 1.94. The fourth-order valence-corrected chi connectivity index (χ4v) is 2.06. The van der Waals surface area contributed by atoms with Crippen LogP contribution in [0.2, 0.25) is 0 Å². The Kier molecular flexibility index (Phi) is 5.58. The van der Waals surface area contributed by atoms with Crippen molar-refractivity contribution in [3.8, 4) is 0 Å². The quantitative estimate of drug-likeness (QED) is 0.857. The molecule has 0 saturated carbocycles. The smallest absolute Gasteiger partial charge is 0.338 e. The largest absolute Gasteiger partial charge is 0.449 e. The minimum absolute atomic E-state index is 0.364. The molecule has 0 radical (unpaired) electrons. The van der Waals surface area contributed by atoms with Gasteiger partial charge in [-0.3, -0.25) is 4.79 Å². The van der Waals surface area contributed by atoms with Gasteiger partial charge in [-0.25, -0.2) is 4.79 Å². The number of ether oxygens (including phenoxy) is 1. The molecule has 2 aromatic carbocycles. The van der Waals surface area contributed by atoms with Gasteiger partial charge in [0.2, 0.25) is 0 Å². The van der Waals surface area contributed by atoms with Crippen molar-refractivity contribution in [3.05, 3.63) is 59.7 Å². The number of nitrogens with one attached hydrogen (secondary N) is 1. The van der Waals surface area contributed by atoms with Gasteiger partial charge in [0.05, 0.1) is 5.56 Å². The fraction of sp³-hybridized carbons (Fsp3) is 0.263. The van der Waals surface area contributed by atoms with Crippen LogP contribution in [0.15, 0.2) is 48.5 Å². The Morgan fingerprint density at radius 3 is 2.12 bits per heavy atom. The van der Waals surface area contributed by atoms with Crippen molar-refractivity contribution in [3.63, 3.8) is 0 Å². The second kappa shape index (κ2) is 7.64. The third kappa shape index (κ3) is 4.59. The highest BCUT2D eigenvalue weighted by Gasteiger charge is 2.19. The van der Waals surface area contributed by atoms with E-state index in [4.69, 9.17) is 4.74 Å². The maximum absolute atomic E-state index is 12.1. The summed E-state index contributed by atoms with van der Waals surface area (Å²) in [6.07, 6.45) is -0.882. The number of anilines is 2. The van der Waals surface area contributed by atoms with Gasteiger partial charge in [-0.2, -0.15) is 0 Å². The number of rotatable bonds is 5. The number of carbonyl (C=O) groups is 2. The lowest BCUT2D eigenvalue weighted by Crippen LogP contribution is -2.30. The number of esters is 1. The summed E-state index contributed by atoms with van der Waals surface area (Å²) in [6, 6.07) is 14.4. The van der Waals surface area contributed by atoms with Crippen molar-refractivity contribution >= 4 is 23.3 Å². The molecule has 0 heterocycles. The van der Waals surface area contributed by atoms with E-state index in [2.05, 4.69) is 5.32 Å². The first-order chi connectivity index (χ1) is 11.4. The molecule has 5 heteroatoms. The summed E-state index contributed by atoms with van der Waals surface area (Å²) in [5, 5.41) is 2.73. The number of carbonyl (C=O) groups excluding carboxylic acids is 2. The normalized spacial score (nSPS) is 11.5. The molecule has 0 saturated heterocycles. The summed E-state index contributed by atoms with van der Waals surface area (Å²) >= 11 is 0. The van der Waals surface area contributed by atoms with Crippen molar-refractivity contribution in [2.24, 2.45) is 0 Å². The Labute approximate surface area is 142 Å². The zero-order valence-corrected chi connectivity index (χ0v) is 14.4. The van der Waals surface area contributed by atoms with E-state index in [1.807, 2.05) is 62.3 Å². The molecule has 0 aromatic heterocycles. The van der Waals surface area contributed by atoms with E-state index in [0.29, 0.717) is 11.3 Å². The van der Waals surface area contributed by atoms with Gasteiger partial charge in [-0.1, -0.05) is 17.7 Å². The summed E-state index contributed by atoms with van der Waals surface area (Å²) in [4.78, 5) is 26.2. The fourth-order valence-electron chi connectivity index (χ4n) is 2.06. The summed E-state index contributed by atoms with van der Waals surface area (Å²) in [7, 11) is 3.84. The number of hydrogen-bond acceptors (Lipinski definition) is 4. The first-order valence-electron chi connectivity index (χ1n) is 7.72. The van der Waals surface area contributed by atoms with Crippen molar-refractivity contribution in [1.29, 1.82) is 0 Å². The van der Waals surface area contributed by atoms with Crippen molar-refractivity contribution in [1.82, 2.24) is 0 Å². The highest BCUT2D eigenvalue weighted by molar-refractivity contribution is 5.97. The Morgan fingerprint density at radius 2 is 1.58 bits per heavy atom. The van der Waals surface area contributed by atoms with E-state index < -0.39 is 12.1 Å². The molecular weight excluding hydrogens is 304 g/mol. The zero-order valence-electron chi connectivity index (χ0n) is 14.4. The van der Waals surface area contributed by atoms with Crippen LogP contribution in [0.1, 0.15) is 22.8 Å². The van der Waals surface area contributed by atoms with E-state index in [0.717, 1.165) is 11.3 Å². The predicted molar refractivity (Wildman–Crippen MR) is 95.5 cm³/mol.